The molecule has 0 aliphatic rings. The number of hydrogen-bond acceptors (Lipinski definition) is 5. The van der Waals surface area contributed by atoms with Crippen molar-refractivity contribution in [2.75, 3.05) is 0 Å². The molecule has 2 amide bonds. The summed E-state index contributed by atoms with van der Waals surface area (Å²) in [5.74, 6) is 0.0401. The number of rotatable bonds is 5. The maximum absolute atomic E-state index is 11.8. The van der Waals surface area contributed by atoms with E-state index in [0.717, 1.165) is 15.5 Å². The summed E-state index contributed by atoms with van der Waals surface area (Å²) in [5, 5.41) is 9.02. The van der Waals surface area contributed by atoms with Crippen molar-refractivity contribution in [3.8, 4) is 10.6 Å². The van der Waals surface area contributed by atoms with Crippen molar-refractivity contribution in [1.29, 1.82) is 0 Å². The van der Waals surface area contributed by atoms with Crippen LogP contribution in [0.5, 0.6) is 0 Å². The molecule has 0 aliphatic carbocycles. The molecule has 0 fully saturated rings. The molecule has 0 radical (unpaired) electrons. The summed E-state index contributed by atoms with van der Waals surface area (Å²) in [6, 6.07) is 11.3. The Morgan fingerprint density at radius 2 is 1.65 bits per heavy atom. The average molecular weight is 346 g/mol. The second-order valence-corrected chi connectivity index (χ2v) is 6.67. The first-order valence-electron chi connectivity index (χ1n) is 6.93. The minimum absolute atomic E-state index is 0.177. The lowest BCUT2D eigenvalue weighted by Crippen LogP contribution is -2.39. The van der Waals surface area contributed by atoms with Gasteiger partial charge in [-0.25, -0.2) is 0 Å². The first-order chi connectivity index (χ1) is 11.2. The molecule has 3 rings (SSSR count). The zero-order valence-electron chi connectivity index (χ0n) is 12.1. The largest absolute Gasteiger partial charge is 0.458 e. The van der Waals surface area contributed by atoms with E-state index in [1.165, 1.54) is 11.3 Å². The van der Waals surface area contributed by atoms with Gasteiger partial charge < -0.3 is 15.1 Å². The van der Waals surface area contributed by atoms with E-state index >= 15 is 0 Å². The van der Waals surface area contributed by atoms with Crippen LogP contribution in [0.15, 0.2) is 51.6 Å². The molecule has 0 aromatic carbocycles. The topological polar surface area (TPSA) is 71.3 Å². The van der Waals surface area contributed by atoms with Crippen LogP contribution in [0.25, 0.3) is 10.6 Å². The highest BCUT2D eigenvalue weighted by Gasteiger charge is 2.14. The van der Waals surface area contributed by atoms with E-state index < -0.39 is 11.8 Å². The molecule has 0 saturated carbocycles. The van der Waals surface area contributed by atoms with E-state index in [0.29, 0.717) is 12.3 Å². The van der Waals surface area contributed by atoms with Crippen molar-refractivity contribution in [3.05, 3.63) is 57.8 Å². The first-order valence-corrected chi connectivity index (χ1v) is 8.69. The van der Waals surface area contributed by atoms with Gasteiger partial charge in [-0.3, -0.25) is 9.59 Å². The number of thiophene rings is 2. The fourth-order valence-electron chi connectivity index (χ4n) is 1.93. The smallest absolute Gasteiger partial charge is 0.309 e. The molecular formula is C16H14N2O3S2. The molecule has 2 N–H and O–H groups in total. The Morgan fingerprint density at radius 3 is 2.35 bits per heavy atom. The van der Waals surface area contributed by atoms with Crippen LogP contribution in [-0.2, 0) is 22.7 Å². The number of amides is 2. The average Bonchev–Trinajstić information content (AvgIpc) is 3.32. The van der Waals surface area contributed by atoms with Gasteiger partial charge in [-0.15, -0.1) is 22.7 Å². The molecule has 0 aliphatic heterocycles. The Kier molecular flexibility index (Phi) is 4.89. The first kappa shape index (κ1) is 15.5. The highest BCUT2D eigenvalue weighted by Crippen LogP contribution is 2.26. The normalized spacial score (nSPS) is 10.4. The summed E-state index contributed by atoms with van der Waals surface area (Å²) in [6.07, 6.45) is 0. The van der Waals surface area contributed by atoms with Crippen LogP contribution in [0.2, 0.25) is 0 Å². The Hall–Kier alpha value is -2.38. The molecule has 3 heterocycles. The minimum atomic E-state index is -0.671. The van der Waals surface area contributed by atoms with Crippen LogP contribution < -0.4 is 10.6 Å². The van der Waals surface area contributed by atoms with E-state index in [1.54, 1.807) is 17.4 Å². The summed E-state index contributed by atoms with van der Waals surface area (Å²) in [5.41, 5.74) is 0. The quantitative estimate of drug-likeness (QED) is 0.698. The van der Waals surface area contributed by atoms with E-state index in [1.807, 2.05) is 41.1 Å². The van der Waals surface area contributed by atoms with Crippen LogP contribution in [0, 0.1) is 0 Å². The van der Waals surface area contributed by atoms with Gasteiger partial charge in [-0.2, -0.15) is 0 Å². The van der Waals surface area contributed by atoms with Crippen molar-refractivity contribution in [1.82, 2.24) is 10.6 Å². The molecule has 0 unspecified atom stereocenters. The highest BCUT2D eigenvalue weighted by molar-refractivity contribution is 7.13. The zero-order valence-corrected chi connectivity index (χ0v) is 13.7. The second kappa shape index (κ2) is 7.26. The fraction of sp³-hybridized carbons (Fsp3) is 0.125. The Labute approximate surface area is 141 Å². The number of furan rings is 1. The predicted molar refractivity (Wildman–Crippen MR) is 90.0 cm³/mol. The van der Waals surface area contributed by atoms with Crippen molar-refractivity contribution >= 4 is 34.5 Å². The molecule has 3 aromatic heterocycles. The van der Waals surface area contributed by atoms with Crippen molar-refractivity contribution in [3.63, 3.8) is 0 Å². The van der Waals surface area contributed by atoms with Crippen molar-refractivity contribution < 1.29 is 14.0 Å². The summed E-state index contributed by atoms with van der Waals surface area (Å²) in [4.78, 5) is 25.5. The fourth-order valence-corrected chi connectivity index (χ4v) is 3.26. The number of hydrogen-bond donors (Lipinski definition) is 2. The SMILES string of the molecule is O=C(NCc1ccc(-c2cccs2)o1)C(=O)NCc1cccs1. The van der Waals surface area contributed by atoms with Gasteiger partial charge >= 0.3 is 11.8 Å². The molecule has 7 heteroatoms. The molecule has 118 valence electrons. The summed E-state index contributed by atoms with van der Waals surface area (Å²) >= 11 is 3.11. The van der Waals surface area contributed by atoms with Crippen molar-refractivity contribution in [2.24, 2.45) is 0 Å². The summed E-state index contributed by atoms with van der Waals surface area (Å²) < 4.78 is 5.64. The van der Waals surface area contributed by atoms with Crippen LogP contribution in [0.4, 0.5) is 0 Å². The Bertz CT molecular complexity index is 776. The maximum Gasteiger partial charge on any atom is 0.309 e. The van der Waals surface area contributed by atoms with Gasteiger partial charge in [0.15, 0.2) is 0 Å². The Morgan fingerprint density at radius 1 is 0.913 bits per heavy atom. The molecule has 0 bridgehead atoms. The van der Waals surface area contributed by atoms with Gasteiger partial charge in [0, 0.05) is 4.88 Å². The van der Waals surface area contributed by atoms with E-state index in [-0.39, 0.29) is 6.54 Å². The van der Waals surface area contributed by atoms with E-state index in [9.17, 15) is 9.59 Å². The minimum Gasteiger partial charge on any atom is -0.458 e. The molecule has 0 atom stereocenters. The monoisotopic (exact) mass is 346 g/mol. The lowest BCUT2D eigenvalue weighted by Gasteiger charge is -2.04. The summed E-state index contributed by atoms with van der Waals surface area (Å²) in [7, 11) is 0. The molecular weight excluding hydrogens is 332 g/mol. The van der Waals surface area contributed by atoms with Crippen LogP contribution in [-0.4, -0.2) is 11.8 Å². The van der Waals surface area contributed by atoms with Gasteiger partial charge in [-0.05, 0) is 35.0 Å². The number of carbonyl (C=O) groups is 2. The number of nitrogens with one attached hydrogen (secondary N) is 2. The molecule has 0 spiro atoms. The zero-order chi connectivity index (χ0) is 16.1. The van der Waals surface area contributed by atoms with Crippen molar-refractivity contribution in [2.45, 2.75) is 13.1 Å². The standard InChI is InChI=1S/C16H14N2O3S2/c19-15(16(20)18-10-12-3-1-7-22-12)17-9-11-5-6-13(21-11)14-4-2-8-23-14/h1-8H,9-10H2,(H,17,19)(H,18,20). The summed E-state index contributed by atoms with van der Waals surface area (Å²) in [6.45, 7) is 0.532. The molecule has 5 nitrogen and oxygen atoms in total. The van der Waals surface area contributed by atoms with Crippen LogP contribution in [0.1, 0.15) is 10.6 Å². The van der Waals surface area contributed by atoms with Gasteiger partial charge in [0.25, 0.3) is 0 Å². The lowest BCUT2D eigenvalue weighted by molar-refractivity contribution is -0.139. The van der Waals surface area contributed by atoms with Gasteiger partial charge in [0.1, 0.15) is 11.5 Å². The Balaban J connectivity index is 1.48. The van der Waals surface area contributed by atoms with E-state index in [4.69, 9.17) is 4.42 Å². The third-order valence-corrected chi connectivity index (χ3v) is 4.82. The highest BCUT2D eigenvalue weighted by atomic mass is 32.1. The van der Waals surface area contributed by atoms with Gasteiger partial charge in [0.2, 0.25) is 0 Å². The van der Waals surface area contributed by atoms with Gasteiger partial charge in [-0.1, -0.05) is 12.1 Å². The third-order valence-electron chi connectivity index (χ3n) is 3.06. The van der Waals surface area contributed by atoms with Crippen LogP contribution >= 0.6 is 22.7 Å². The van der Waals surface area contributed by atoms with E-state index in [2.05, 4.69) is 10.6 Å². The second-order valence-electron chi connectivity index (χ2n) is 4.69. The molecule has 23 heavy (non-hydrogen) atoms. The number of carbonyl (C=O) groups excluding carboxylic acids is 2. The maximum atomic E-state index is 11.8. The molecule has 3 aromatic rings. The van der Waals surface area contributed by atoms with Gasteiger partial charge in [0.05, 0.1) is 18.0 Å². The third kappa shape index (κ3) is 4.08. The van der Waals surface area contributed by atoms with Crippen LogP contribution in [0.3, 0.4) is 0 Å². The predicted octanol–water partition coefficient (Wildman–Crippen LogP) is 3.00. The molecule has 0 saturated heterocycles. The lowest BCUT2D eigenvalue weighted by atomic mass is 10.3.